The van der Waals surface area contributed by atoms with Gasteiger partial charge in [-0.15, -0.1) is 11.8 Å². The van der Waals surface area contributed by atoms with Crippen LogP contribution in [0.15, 0.2) is 29.2 Å². The molecule has 1 nitrogen and oxygen atoms in total. The number of hydrogen-bond acceptors (Lipinski definition) is 2. The van der Waals surface area contributed by atoms with Crippen LogP contribution in [0.3, 0.4) is 0 Å². The molecule has 0 N–H and O–H groups in total. The lowest BCUT2D eigenvalue weighted by molar-refractivity contribution is -0.107. The number of thioether (sulfide) groups is 1. The average Bonchev–Trinajstić information content (AvgIpc) is 2.55. The summed E-state index contributed by atoms with van der Waals surface area (Å²) in [6, 6.07) is 8.35. The van der Waals surface area contributed by atoms with Crippen LogP contribution in [0.25, 0.3) is 0 Å². The molecular weight excluding hydrogens is 192 g/mol. The maximum atomic E-state index is 11.0. The molecule has 2 atom stereocenters. The van der Waals surface area contributed by atoms with Crippen LogP contribution in [0.2, 0.25) is 0 Å². The Morgan fingerprint density at radius 2 is 2.07 bits per heavy atom. The lowest BCUT2D eigenvalue weighted by atomic mass is 9.86. The van der Waals surface area contributed by atoms with Crippen molar-refractivity contribution >= 4 is 18.0 Å². The summed E-state index contributed by atoms with van der Waals surface area (Å²) in [6.45, 7) is 4.37. The van der Waals surface area contributed by atoms with Gasteiger partial charge in [-0.25, -0.2) is 0 Å². The lowest BCUT2D eigenvalue weighted by Crippen LogP contribution is -2.16. The van der Waals surface area contributed by atoms with Crippen molar-refractivity contribution in [2.45, 2.75) is 29.9 Å². The Morgan fingerprint density at radius 3 is 2.71 bits per heavy atom. The number of carbonyl (C=O) groups excluding carboxylic acids is 1. The molecule has 0 fully saturated rings. The number of hydrogen-bond donors (Lipinski definition) is 0. The van der Waals surface area contributed by atoms with Gasteiger partial charge in [0.15, 0.2) is 0 Å². The summed E-state index contributed by atoms with van der Waals surface area (Å²) in [5.74, 6) is 0.926. The predicted octanol–water partition coefficient (Wildman–Crippen LogP) is 3.10. The Kier molecular flexibility index (Phi) is 2.64. The molecule has 2 rings (SSSR count). The highest BCUT2D eigenvalue weighted by atomic mass is 32.2. The van der Waals surface area contributed by atoms with Gasteiger partial charge in [0.25, 0.3) is 0 Å². The first-order valence-corrected chi connectivity index (χ1v) is 5.83. The van der Waals surface area contributed by atoms with Crippen molar-refractivity contribution in [2.24, 2.45) is 5.92 Å². The Bertz CT molecular complexity index is 346. The van der Waals surface area contributed by atoms with E-state index in [-0.39, 0.29) is 5.25 Å². The molecule has 1 aliphatic heterocycles. The van der Waals surface area contributed by atoms with Gasteiger partial charge in [-0.05, 0) is 17.5 Å². The molecule has 2 unspecified atom stereocenters. The molecule has 0 amide bonds. The standard InChI is InChI=1S/C12H14OS/c1-8(2)12-9-5-3-4-6-10(9)14-11(12)7-13/h3-8,11-12H,1-2H3. The molecule has 2 heteroatoms. The second-order valence-corrected chi connectivity index (χ2v) is 5.25. The number of aldehydes is 1. The quantitative estimate of drug-likeness (QED) is 0.692. The smallest absolute Gasteiger partial charge is 0.133 e. The van der Waals surface area contributed by atoms with E-state index in [2.05, 4.69) is 32.0 Å². The maximum absolute atomic E-state index is 11.0. The second kappa shape index (κ2) is 3.77. The van der Waals surface area contributed by atoms with E-state index in [1.165, 1.54) is 10.5 Å². The molecule has 0 radical (unpaired) electrons. The van der Waals surface area contributed by atoms with E-state index >= 15 is 0 Å². The highest BCUT2D eigenvalue weighted by Gasteiger charge is 2.34. The monoisotopic (exact) mass is 206 g/mol. The second-order valence-electron chi connectivity index (χ2n) is 4.03. The Labute approximate surface area is 88.9 Å². The van der Waals surface area contributed by atoms with Crippen molar-refractivity contribution in [3.8, 4) is 0 Å². The number of rotatable bonds is 2. The number of benzene rings is 1. The highest BCUT2D eigenvalue weighted by molar-refractivity contribution is 8.01. The summed E-state index contributed by atoms with van der Waals surface area (Å²) < 4.78 is 0. The normalized spacial score (nSPS) is 25.1. The van der Waals surface area contributed by atoms with Crippen LogP contribution in [0, 0.1) is 5.92 Å². The van der Waals surface area contributed by atoms with E-state index in [1.807, 2.05) is 6.07 Å². The van der Waals surface area contributed by atoms with Crippen LogP contribution in [0.5, 0.6) is 0 Å². The van der Waals surface area contributed by atoms with E-state index in [4.69, 9.17) is 0 Å². The summed E-state index contributed by atoms with van der Waals surface area (Å²) in [5.41, 5.74) is 1.35. The average molecular weight is 206 g/mol. The molecule has 0 saturated heterocycles. The molecular formula is C12H14OS. The van der Waals surface area contributed by atoms with Gasteiger partial charge in [0, 0.05) is 10.8 Å². The zero-order valence-electron chi connectivity index (χ0n) is 8.44. The van der Waals surface area contributed by atoms with Gasteiger partial charge in [0.1, 0.15) is 6.29 Å². The van der Waals surface area contributed by atoms with Crippen molar-refractivity contribution in [1.29, 1.82) is 0 Å². The molecule has 1 heterocycles. The zero-order valence-corrected chi connectivity index (χ0v) is 9.25. The van der Waals surface area contributed by atoms with Gasteiger partial charge < -0.3 is 4.79 Å². The van der Waals surface area contributed by atoms with Crippen molar-refractivity contribution in [1.82, 2.24) is 0 Å². The lowest BCUT2D eigenvalue weighted by Gasteiger charge is -2.18. The molecule has 0 aliphatic carbocycles. The zero-order chi connectivity index (χ0) is 10.1. The molecule has 1 aromatic rings. The fourth-order valence-electron chi connectivity index (χ4n) is 2.11. The van der Waals surface area contributed by atoms with Crippen LogP contribution in [0.4, 0.5) is 0 Å². The molecule has 0 spiro atoms. The Balaban J connectivity index is 2.42. The van der Waals surface area contributed by atoms with Crippen LogP contribution < -0.4 is 0 Å². The van der Waals surface area contributed by atoms with Crippen LogP contribution >= 0.6 is 11.8 Å². The summed E-state index contributed by atoms with van der Waals surface area (Å²) in [4.78, 5) is 12.3. The van der Waals surface area contributed by atoms with Crippen molar-refractivity contribution < 1.29 is 4.79 Å². The Morgan fingerprint density at radius 1 is 1.36 bits per heavy atom. The minimum absolute atomic E-state index is 0.118. The van der Waals surface area contributed by atoms with E-state index in [1.54, 1.807) is 11.8 Å². The van der Waals surface area contributed by atoms with Crippen molar-refractivity contribution in [3.05, 3.63) is 29.8 Å². The van der Waals surface area contributed by atoms with Crippen LogP contribution in [-0.4, -0.2) is 11.5 Å². The van der Waals surface area contributed by atoms with E-state index in [0.29, 0.717) is 11.8 Å². The number of carbonyl (C=O) groups is 1. The predicted molar refractivity (Wildman–Crippen MR) is 59.7 cm³/mol. The molecule has 1 aliphatic rings. The van der Waals surface area contributed by atoms with Crippen molar-refractivity contribution in [2.75, 3.05) is 0 Å². The molecule has 0 aromatic heterocycles. The fraction of sp³-hybridized carbons (Fsp3) is 0.417. The first-order valence-electron chi connectivity index (χ1n) is 4.95. The number of fused-ring (bicyclic) bond motifs is 1. The van der Waals surface area contributed by atoms with E-state index in [9.17, 15) is 4.79 Å². The van der Waals surface area contributed by atoms with Gasteiger partial charge in [0.2, 0.25) is 0 Å². The first kappa shape index (κ1) is 9.78. The van der Waals surface area contributed by atoms with Crippen LogP contribution in [0.1, 0.15) is 25.3 Å². The first-order chi connectivity index (χ1) is 6.74. The third-order valence-electron chi connectivity index (χ3n) is 2.75. The minimum atomic E-state index is 0.118. The fourth-order valence-corrected chi connectivity index (χ4v) is 3.56. The van der Waals surface area contributed by atoms with Gasteiger partial charge >= 0.3 is 0 Å². The largest absolute Gasteiger partial charge is 0.302 e. The topological polar surface area (TPSA) is 17.1 Å². The van der Waals surface area contributed by atoms with E-state index in [0.717, 1.165) is 6.29 Å². The summed E-state index contributed by atoms with van der Waals surface area (Å²) >= 11 is 1.70. The summed E-state index contributed by atoms with van der Waals surface area (Å²) in [5, 5.41) is 0.118. The van der Waals surface area contributed by atoms with Gasteiger partial charge in [-0.3, -0.25) is 0 Å². The van der Waals surface area contributed by atoms with Gasteiger partial charge in [-0.1, -0.05) is 32.0 Å². The third-order valence-corrected chi connectivity index (χ3v) is 4.05. The molecule has 74 valence electrons. The summed E-state index contributed by atoms with van der Waals surface area (Å²) in [6.07, 6.45) is 1.09. The highest BCUT2D eigenvalue weighted by Crippen LogP contribution is 2.47. The SMILES string of the molecule is CC(C)C1c2ccccc2SC1C=O. The molecule has 1 aromatic carbocycles. The van der Waals surface area contributed by atoms with Gasteiger partial charge in [0.05, 0.1) is 5.25 Å². The summed E-state index contributed by atoms with van der Waals surface area (Å²) in [7, 11) is 0. The minimum Gasteiger partial charge on any atom is -0.302 e. The maximum Gasteiger partial charge on any atom is 0.133 e. The van der Waals surface area contributed by atoms with Crippen molar-refractivity contribution in [3.63, 3.8) is 0 Å². The van der Waals surface area contributed by atoms with Crippen LogP contribution in [-0.2, 0) is 4.79 Å². The molecule has 0 saturated carbocycles. The van der Waals surface area contributed by atoms with E-state index < -0.39 is 0 Å². The van der Waals surface area contributed by atoms with Gasteiger partial charge in [-0.2, -0.15) is 0 Å². The molecule has 14 heavy (non-hydrogen) atoms. The Hall–Kier alpha value is -0.760. The molecule has 0 bridgehead atoms. The third kappa shape index (κ3) is 1.48.